The number of ether oxygens (including phenoxy) is 1. The second-order valence-corrected chi connectivity index (χ2v) is 13.4. The van der Waals surface area contributed by atoms with E-state index in [1.165, 1.54) is 64.2 Å². The second-order valence-electron chi connectivity index (χ2n) is 13.4. The molecular weight excluding hydrogens is 622 g/mol. The Bertz CT molecular complexity index is 963. The molecule has 50 heavy (non-hydrogen) atoms. The van der Waals surface area contributed by atoms with Crippen LogP contribution in [0, 0.1) is 0 Å². The standard InChI is InChI=1S/C44H75NO5/c1-4-7-10-13-16-19-21-24-26-29-32-35-40(50-44(49)37-34-31-28-25-22-20-17-14-11-8-5-2)38-43(48)45-41(39-46)42(47)36-33-30-27-23-18-15-12-9-6-3/h7,10,13-14,16-17,19,21,24,26,29,32,40-42,46-47H,4-6,8-9,11-12,15,18,20,22-23,25,27-28,30-31,33-39H2,1-3H3,(H,45,48)/b10-7+,16-13+,17-14-,21-19-,26-24-,32-29+. The van der Waals surface area contributed by atoms with Crippen molar-refractivity contribution in [3.05, 3.63) is 72.9 Å². The molecule has 3 N–H and O–H groups in total. The molecule has 0 aliphatic carbocycles. The summed E-state index contributed by atoms with van der Waals surface area (Å²) in [5.74, 6) is -0.631. The highest BCUT2D eigenvalue weighted by Crippen LogP contribution is 2.15. The molecule has 0 bridgehead atoms. The molecule has 0 aromatic heterocycles. The van der Waals surface area contributed by atoms with E-state index in [0.29, 0.717) is 19.3 Å². The molecule has 6 nitrogen and oxygen atoms in total. The van der Waals surface area contributed by atoms with Crippen LogP contribution in [0.2, 0.25) is 0 Å². The van der Waals surface area contributed by atoms with Crippen LogP contribution in [0.4, 0.5) is 0 Å². The average molecular weight is 698 g/mol. The van der Waals surface area contributed by atoms with Crippen molar-refractivity contribution in [2.45, 2.75) is 187 Å². The predicted molar refractivity (Wildman–Crippen MR) is 213 cm³/mol. The first-order valence-corrected chi connectivity index (χ1v) is 20.2. The summed E-state index contributed by atoms with van der Waals surface area (Å²) >= 11 is 0. The summed E-state index contributed by atoms with van der Waals surface area (Å²) < 4.78 is 5.77. The van der Waals surface area contributed by atoms with Crippen molar-refractivity contribution < 1.29 is 24.5 Å². The number of nitrogens with one attached hydrogen (secondary N) is 1. The molecule has 3 atom stereocenters. The highest BCUT2D eigenvalue weighted by atomic mass is 16.5. The van der Waals surface area contributed by atoms with Crippen molar-refractivity contribution >= 4 is 11.9 Å². The van der Waals surface area contributed by atoms with Crippen LogP contribution in [0.15, 0.2) is 72.9 Å². The molecule has 0 aromatic rings. The molecule has 3 unspecified atom stereocenters. The molecule has 0 spiro atoms. The number of carbonyl (C=O) groups excluding carboxylic acids is 2. The first-order chi connectivity index (χ1) is 24.5. The number of aliphatic hydroxyl groups is 2. The molecular formula is C44H75NO5. The van der Waals surface area contributed by atoms with Crippen LogP contribution in [0.25, 0.3) is 0 Å². The Morgan fingerprint density at radius 1 is 0.620 bits per heavy atom. The summed E-state index contributed by atoms with van der Waals surface area (Å²) in [7, 11) is 0. The number of unbranched alkanes of at least 4 members (excludes halogenated alkanes) is 15. The predicted octanol–water partition coefficient (Wildman–Crippen LogP) is 11.1. The van der Waals surface area contributed by atoms with Gasteiger partial charge in [0.2, 0.25) is 5.91 Å². The minimum absolute atomic E-state index is 0.0250. The number of carbonyl (C=O) groups is 2. The van der Waals surface area contributed by atoms with Crippen LogP contribution >= 0.6 is 0 Å². The normalized spacial score (nSPS) is 14.3. The minimum Gasteiger partial charge on any atom is -0.461 e. The fourth-order valence-corrected chi connectivity index (χ4v) is 5.55. The number of aliphatic hydroxyl groups excluding tert-OH is 2. The van der Waals surface area contributed by atoms with Gasteiger partial charge in [-0.05, 0) is 38.5 Å². The molecule has 0 aliphatic heterocycles. The Morgan fingerprint density at radius 2 is 1.14 bits per heavy atom. The molecule has 0 fully saturated rings. The van der Waals surface area contributed by atoms with Gasteiger partial charge in [0.1, 0.15) is 6.10 Å². The van der Waals surface area contributed by atoms with Gasteiger partial charge in [-0.25, -0.2) is 0 Å². The van der Waals surface area contributed by atoms with E-state index < -0.39 is 18.2 Å². The molecule has 1 amide bonds. The van der Waals surface area contributed by atoms with E-state index in [-0.39, 0.29) is 24.9 Å². The lowest BCUT2D eigenvalue weighted by Crippen LogP contribution is -2.46. The highest BCUT2D eigenvalue weighted by molar-refractivity contribution is 5.77. The molecule has 0 saturated heterocycles. The SMILES string of the molecule is CC/C=C/C=C/C=C\C=C/C=C/CC(CC(=O)NC(CO)C(O)CCCCCCCCCCC)OC(=O)CCCCCCC/C=C\CCCC. The lowest BCUT2D eigenvalue weighted by Gasteiger charge is -2.24. The monoisotopic (exact) mass is 698 g/mol. The van der Waals surface area contributed by atoms with Crippen LogP contribution < -0.4 is 5.32 Å². The van der Waals surface area contributed by atoms with Crippen molar-refractivity contribution in [2.24, 2.45) is 0 Å². The Hall–Kier alpha value is -2.70. The van der Waals surface area contributed by atoms with Gasteiger partial charge < -0.3 is 20.3 Å². The smallest absolute Gasteiger partial charge is 0.306 e. The van der Waals surface area contributed by atoms with Crippen molar-refractivity contribution in [3.63, 3.8) is 0 Å². The summed E-state index contributed by atoms with van der Waals surface area (Å²) in [6.07, 6.45) is 45.6. The molecule has 0 rings (SSSR count). The lowest BCUT2D eigenvalue weighted by atomic mass is 10.0. The molecule has 0 heterocycles. The van der Waals surface area contributed by atoms with Crippen molar-refractivity contribution in [3.8, 4) is 0 Å². The van der Waals surface area contributed by atoms with Gasteiger partial charge in [0, 0.05) is 12.8 Å². The Kier molecular flexibility index (Phi) is 35.5. The molecule has 0 radical (unpaired) electrons. The Morgan fingerprint density at radius 3 is 1.74 bits per heavy atom. The largest absolute Gasteiger partial charge is 0.461 e. The zero-order valence-electron chi connectivity index (χ0n) is 32.2. The molecule has 0 saturated carbocycles. The van der Waals surface area contributed by atoms with Crippen LogP contribution in [0.5, 0.6) is 0 Å². The number of hydrogen-bond donors (Lipinski definition) is 3. The summed E-state index contributed by atoms with van der Waals surface area (Å²) in [6.45, 7) is 6.20. The van der Waals surface area contributed by atoms with E-state index in [9.17, 15) is 19.8 Å². The van der Waals surface area contributed by atoms with Gasteiger partial charge in [0.25, 0.3) is 0 Å². The van der Waals surface area contributed by atoms with Gasteiger partial charge in [0.15, 0.2) is 0 Å². The maximum atomic E-state index is 13.0. The number of amides is 1. The third-order valence-electron chi connectivity index (χ3n) is 8.65. The first-order valence-electron chi connectivity index (χ1n) is 20.2. The maximum Gasteiger partial charge on any atom is 0.306 e. The third-order valence-corrected chi connectivity index (χ3v) is 8.65. The van der Waals surface area contributed by atoms with E-state index in [1.54, 1.807) is 0 Å². The zero-order valence-corrected chi connectivity index (χ0v) is 32.2. The summed E-state index contributed by atoms with van der Waals surface area (Å²) in [5.41, 5.74) is 0. The van der Waals surface area contributed by atoms with Crippen molar-refractivity contribution in [1.82, 2.24) is 5.32 Å². The molecule has 286 valence electrons. The summed E-state index contributed by atoms with van der Waals surface area (Å²) in [5, 5.41) is 23.4. The van der Waals surface area contributed by atoms with Crippen LogP contribution in [0.3, 0.4) is 0 Å². The Balaban J connectivity index is 4.83. The van der Waals surface area contributed by atoms with E-state index in [4.69, 9.17) is 4.74 Å². The fraction of sp³-hybridized carbons (Fsp3) is 0.682. The highest BCUT2D eigenvalue weighted by Gasteiger charge is 2.23. The van der Waals surface area contributed by atoms with Gasteiger partial charge in [-0.3, -0.25) is 9.59 Å². The van der Waals surface area contributed by atoms with Crippen molar-refractivity contribution in [2.75, 3.05) is 6.61 Å². The number of rotatable bonds is 34. The third kappa shape index (κ3) is 32.5. The van der Waals surface area contributed by atoms with E-state index in [1.807, 2.05) is 54.7 Å². The van der Waals surface area contributed by atoms with Gasteiger partial charge >= 0.3 is 5.97 Å². The van der Waals surface area contributed by atoms with E-state index in [2.05, 4.69) is 44.3 Å². The number of esters is 1. The topological polar surface area (TPSA) is 95.9 Å². The maximum absolute atomic E-state index is 13.0. The van der Waals surface area contributed by atoms with Gasteiger partial charge in [0.05, 0.1) is 25.2 Å². The van der Waals surface area contributed by atoms with E-state index in [0.717, 1.165) is 57.8 Å². The van der Waals surface area contributed by atoms with Crippen LogP contribution in [-0.4, -0.2) is 46.9 Å². The molecule has 0 aliphatic rings. The zero-order chi connectivity index (χ0) is 36.8. The van der Waals surface area contributed by atoms with Crippen molar-refractivity contribution in [1.29, 1.82) is 0 Å². The Labute approximate surface area is 307 Å². The van der Waals surface area contributed by atoms with Crippen LogP contribution in [-0.2, 0) is 14.3 Å². The minimum atomic E-state index is -0.817. The van der Waals surface area contributed by atoms with Gasteiger partial charge in [-0.2, -0.15) is 0 Å². The average Bonchev–Trinajstić information content (AvgIpc) is 3.10. The first kappa shape index (κ1) is 47.3. The van der Waals surface area contributed by atoms with Crippen LogP contribution in [0.1, 0.15) is 168 Å². The second kappa shape index (κ2) is 37.6. The fourth-order valence-electron chi connectivity index (χ4n) is 5.55. The number of hydrogen-bond acceptors (Lipinski definition) is 5. The van der Waals surface area contributed by atoms with Gasteiger partial charge in [-0.1, -0.05) is 184 Å². The summed E-state index contributed by atoms with van der Waals surface area (Å²) in [6, 6.07) is -0.739. The number of allylic oxidation sites excluding steroid dienone is 11. The summed E-state index contributed by atoms with van der Waals surface area (Å²) in [4.78, 5) is 25.7. The lowest BCUT2D eigenvalue weighted by molar-refractivity contribution is -0.150. The molecule has 0 aromatic carbocycles. The van der Waals surface area contributed by atoms with Gasteiger partial charge in [-0.15, -0.1) is 0 Å². The quantitative estimate of drug-likeness (QED) is 0.0269. The molecule has 6 heteroatoms. The van der Waals surface area contributed by atoms with E-state index >= 15 is 0 Å².